The van der Waals surface area contributed by atoms with E-state index in [1.54, 1.807) is 0 Å². The molecule has 7 heteroatoms. The van der Waals surface area contributed by atoms with Crippen molar-refractivity contribution < 1.29 is 4.74 Å². The van der Waals surface area contributed by atoms with Gasteiger partial charge in [-0.2, -0.15) is 0 Å². The summed E-state index contributed by atoms with van der Waals surface area (Å²) in [6, 6.07) is 7.11. The molecule has 3 aliphatic rings. The van der Waals surface area contributed by atoms with Crippen molar-refractivity contribution in [2.24, 2.45) is 10.4 Å². The molecule has 0 bridgehead atoms. The molecule has 30 heavy (non-hydrogen) atoms. The van der Waals surface area contributed by atoms with Crippen LogP contribution < -0.4 is 15.5 Å². The molecule has 0 aromatic carbocycles. The first-order valence-corrected chi connectivity index (χ1v) is 11.6. The number of rotatable bonds is 6. The van der Waals surface area contributed by atoms with Gasteiger partial charge in [0.15, 0.2) is 5.96 Å². The Labute approximate surface area is 198 Å². The largest absolute Gasteiger partial charge is 0.378 e. The average molecular weight is 527 g/mol. The quantitative estimate of drug-likeness (QED) is 0.333. The lowest BCUT2D eigenvalue weighted by molar-refractivity contribution is -0.125. The van der Waals surface area contributed by atoms with E-state index >= 15 is 0 Å². The van der Waals surface area contributed by atoms with Gasteiger partial charge in [-0.3, -0.25) is 4.99 Å². The van der Waals surface area contributed by atoms with E-state index in [-0.39, 0.29) is 24.0 Å². The molecule has 1 aromatic rings. The molecule has 0 radical (unpaired) electrons. The second-order valence-corrected chi connectivity index (χ2v) is 8.73. The van der Waals surface area contributed by atoms with E-state index in [1.807, 2.05) is 12.3 Å². The highest BCUT2D eigenvalue weighted by molar-refractivity contribution is 14.0. The summed E-state index contributed by atoms with van der Waals surface area (Å²) in [6.07, 6.45) is 10.9. The Morgan fingerprint density at radius 2 is 1.97 bits per heavy atom. The maximum Gasteiger partial charge on any atom is 0.191 e. The number of nitrogens with one attached hydrogen (secondary N) is 2. The molecular weight excluding hydrogens is 489 g/mol. The van der Waals surface area contributed by atoms with E-state index in [0.717, 1.165) is 57.3 Å². The number of nitrogens with zero attached hydrogens (tertiary/aromatic N) is 3. The fraction of sp³-hybridized carbons (Fsp3) is 0.739. The van der Waals surface area contributed by atoms with Gasteiger partial charge in [-0.15, -0.1) is 24.0 Å². The van der Waals surface area contributed by atoms with Crippen molar-refractivity contribution in [1.82, 2.24) is 15.6 Å². The Kier molecular flexibility index (Phi) is 8.62. The van der Waals surface area contributed by atoms with Gasteiger partial charge in [0.2, 0.25) is 0 Å². The van der Waals surface area contributed by atoms with Gasteiger partial charge in [-0.1, -0.05) is 18.9 Å². The monoisotopic (exact) mass is 527 g/mol. The first-order valence-electron chi connectivity index (χ1n) is 11.6. The molecule has 2 N–H and O–H groups in total. The van der Waals surface area contributed by atoms with Gasteiger partial charge in [-0.25, -0.2) is 4.98 Å². The summed E-state index contributed by atoms with van der Waals surface area (Å²) in [5.41, 5.74) is 0.328. The molecule has 0 amide bonds. The van der Waals surface area contributed by atoms with Gasteiger partial charge in [0.1, 0.15) is 5.82 Å². The second-order valence-electron chi connectivity index (χ2n) is 8.73. The standard InChI is InChI=1S/C23H37N5O.HI/c1-3-24-22(27-19-17-20(29-4-2)23(19)12-6-7-13-23)26-18-10-15-28(16-11-18)21-9-5-8-14-25-21;/h5,8-9,14,18-20H,3-4,6-7,10-13,15-17H2,1-2H3,(H2,24,26,27);1H. The van der Waals surface area contributed by atoms with Crippen LogP contribution in [-0.4, -0.2) is 55.4 Å². The molecule has 1 spiro atoms. The summed E-state index contributed by atoms with van der Waals surface area (Å²) in [4.78, 5) is 11.7. The molecule has 1 saturated heterocycles. The molecule has 4 rings (SSSR count). The first kappa shape index (κ1) is 23.6. The zero-order valence-corrected chi connectivity index (χ0v) is 20.8. The second kappa shape index (κ2) is 11.0. The summed E-state index contributed by atoms with van der Waals surface area (Å²) < 4.78 is 6.08. The van der Waals surface area contributed by atoms with E-state index in [4.69, 9.17) is 9.73 Å². The number of hydrogen-bond acceptors (Lipinski definition) is 4. The van der Waals surface area contributed by atoms with Crippen LogP contribution in [0, 0.1) is 5.41 Å². The predicted octanol–water partition coefficient (Wildman–Crippen LogP) is 3.96. The SMILES string of the molecule is CCN=C(NC1CCN(c2ccccn2)CC1)NC1CC(OCC)C12CCCC2.I. The minimum Gasteiger partial charge on any atom is -0.378 e. The van der Waals surface area contributed by atoms with Gasteiger partial charge < -0.3 is 20.3 Å². The Hall–Kier alpha value is -1.09. The van der Waals surface area contributed by atoms with E-state index in [0.29, 0.717) is 23.6 Å². The number of aromatic nitrogens is 1. The predicted molar refractivity (Wildman–Crippen MR) is 134 cm³/mol. The highest BCUT2D eigenvalue weighted by Gasteiger charge is 2.57. The van der Waals surface area contributed by atoms with E-state index < -0.39 is 0 Å². The summed E-state index contributed by atoms with van der Waals surface area (Å²) in [6.45, 7) is 7.93. The van der Waals surface area contributed by atoms with Crippen molar-refractivity contribution in [1.29, 1.82) is 0 Å². The summed E-state index contributed by atoms with van der Waals surface area (Å²) in [5, 5.41) is 7.53. The number of ether oxygens (including phenoxy) is 1. The number of pyridine rings is 1. The van der Waals surface area contributed by atoms with Crippen LogP contribution in [0.3, 0.4) is 0 Å². The van der Waals surface area contributed by atoms with Crippen molar-refractivity contribution in [3.63, 3.8) is 0 Å². The molecule has 2 atom stereocenters. The number of halogens is 1. The average Bonchev–Trinajstić information content (AvgIpc) is 3.28. The van der Waals surface area contributed by atoms with Crippen LogP contribution in [0.1, 0.15) is 58.8 Å². The van der Waals surface area contributed by atoms with Gasteiger partial charge in [0, 0.05) is 49.9 Å². The molecule has 2 unspecified atom stereocenters. The summed E-state index contributed by atoms with van der Waals surface area (Å²) in [7, 11) is 0. The van der Waals surface area contributed by atoms with Gasteiger partial charge >= 0.3 is 0 Å². The first-order chi connectivity index (χ1) is 14.2. The topological polar surface area (TPSA) is 61.8 Å². The number of aliphatic imine (C=N–C) groups is 1. The van der Waals surface area contributed by atoms with Crippen LogP contribution in [-0.2, 0) is 4.74 Å². The van der Waals surface area contributed by atoms with Crippen LogP contribution in [0.5, 0.6) is 0 Å². The lowest BCUT2D eigenvalue weighted by Crippen LogP contribution is -2.65. The van der Waals surface area contributed by atoms with Crippen molar-refractivity contribution in [2.45, 2.75) is 77.0 Å². The zero-order valence-electron chi connectivity index (χ0n) is 18.5. The van der Waals surface area contributed by atoms with Crippen molar-refractivity contribution in [2.75, 3.05) is 31.1 Å². The number of hydrogen-bond donors (Lipinski definition) is 2. The molecule has 1 aliphatic heterocycles. The molecular formula is C23H38IN5O. The normalized spacial score (nSPS) is 26.2. The minimum absolute atomic E-state index is 0. The van der Waals surface area contributed by atoms with Crippen LogP contribution in [0.25, 0.3) is 0 Å². The van der Waals surface area contributed by atoms with Crippen LogP contribution in [0.2, 0.25) is 0 Å². The maximum atomic E-state index is 6.08. The fourth-order valence-electron chi connectivity index (χ4n) is 5.53. The Morgan fingerprint density at radius 1 is 1.20 bits per heavy atom. The van der Waals surface area contributed by atoms with Gasteiger partial charge in [0.25, 0.3) is 0 Å². The third kappa shape index (κ3) is 5.03. The number of piperidine rings is 1. The number of anilines is 1. The highest BCUT2D eigenvalue weighted by Crippen LogP contribution is 2.54. The van der Waals surface area contributed by atoms with Crippen molar-refractivity contribution in [3.8, 4) is 0 Å². The fourth-order valence-corrected chi connectivity index (χ4v) is 5.53. The third-order valence-corrected chi connectivity index (χ3v) is 7.12. The maximum absolute atomic E-state index is 6.08. The van der Waals surface area contributed by atoms with Crippen LogP contribution in [0.4, 0.5) is 5.82 Å². The lowest BCUT2D eigenvalue weighted by atomic mass is 9.60. The van der Waals surface area contributed by atoms with Crippen molar-refractivity contribution in [3.05, 3.63) is 24.4 Å². The Morgan fingerprint density at radius 3 is 2.60 bits per heavy atom. The molecule has 2 heterocycles. The summed E-state index contributed by atoms with van der Waals surface area (Å²) >= 11 is 0. The highest BCUT2D eigenvalue weighted by atomic mass is 127. The molecule has 1 aromatic heterocycles. The molecule has 2 aliphatic carbocycles. The molecule has 6 nitrogen and oxygen atoms in total. The molecule has 2 saturated carbocycles. The minimum atomic E-state index is 0. The van der Waals surface area contributed by atoms with E-state index in [9.17, 15) is 0 Å². The Bertz CT molecular complexity index is 671. The summed E-state index contributed by atoms with van der Waals surface area (Å²) in [5.74, 6) is 2.08. The van der Waals surface area contributed by atoms with Crippen LogP contribution >= 0.6 is 24.0 Å². The molecule has 3 fully saturated rings. The van der Waals surface area contributed by atoms with E-state index in [1.165, 1.54) is 25.7 Å². The van der Waals surface area contributed by atoms with Gasteiger partial charge in [0.05, 0.1) is 6.10 Å². The Balaban J connectivity index is 0.00000256. The zero-order chi connectivity index (χ0) is 20.1. The van der Waals surface area contributed by atoms with E-state index in [2.05, 4.69) is 46.5 Å². The van der Waals surface area contributed by atoms with Gasteiger partial charge in [-0.05, 0) is 58.1 Å². The number of guanidine groups is 1. The third-order valence-electron chi connectivity index (χ3n) is 7.12. The van der Waals surface area contributed by atoms with Crippen molar-refractivity contribution >= 4 is 35.8 Å². The van der Waals surface area contributed by atoms with Crippen LogP contribution in [0.15, 0.2) is 29.4 Å². The lowest BCUT2D eigenvalue weighted by Gasteiger charge is -2.54. The smallest absolute Gasteiger partial charge is 0.191 e. The molecule has 168 valence electrons.